The monoisotopic (exact) mass is 357 g/mol. The number of hydrogen-bond acceptors (Lipinski definition) is 4. The second-order valence-electron chi connectivity index (χ2n) is 5.62. The first-order valence-corrected chi connectivity index (χ1v) is 9.39. The van der Waals surface area contributed by atoms with Crippen molar-refractivity contribution in [2.45, 2.75) is 12.3 Å². The fourth-order valence-electron chi connectivity index (χ4n) is 2.47. The molecule has 25 heavy (non-hydrogen) atoms. The number of ether oxygens (including phenoxy) is 1. The number of nitrogens with zero attached hydrogens (tertiary/aromatic N) is 2. The highest BCUT2D eigenvalue weighted by Gasteiger charge is 2.13. The second-order valence-corrected chi connectivity index (χ2v) is 7.35. The minimum atomic E-state index is -3.48. The molecular formula is C18H19N3O3S. The molecule has 0 radical (unpaired) electrons. The molecule has 0 aliphatic rings. The summed E-state index contributed by atoms with van der Waals surface area (Å²) in [5.74, 6) is 0.697. The summed E-state index contributed by atoms with van der Waals surface area (Å²) >= 11 is 0. The van der Waals surface area contributed by atoms with Crippen LogP contribution in [0.4, 0.5) is 5.69 Å². The number of methoxy groups -OCH3 is 1. The van der Waals surface area contributed by atoms with Gasteiger partial charge in [0.1, 0.15) is 5.75 Å². The molecule has 3 aromatic rings. The quantitative estimate of drug-likeness (QED) is 0.706. The Morgan fingerprint density at radius 2 is 1.84 bits per heavy atom. The fourth-order valence-corrected chi connectivity index (χ4v) is 3.64. The molecule has 0 atom stereocenters. The third-order valence-electron chi connectivity index (χ3n) is 3.58. The molecule has 1 heterocycles. The summed E-state index contributed by atoms with van der Waals surface area (Å²) in [5.41, 5.74) is 2.19. The Bertz CT molecular complexity index is 937. The van der Waals surface area contributed by atoms with Crippen LogP contribution in [0.25, 0.3) is 0 Å². The zero-order chi connectivity index (χ0) is 17.7. The van der Waals surface area contributed by atoms with Crippen LogP contribution in [0.15, 0.2) is 67.0 Å². The van der Waals surface area contributed by atoms with E-state index in [0.717, 1.165) is 16.9 Å². The number of sulfonamides is 1. The summed E-state index contributed by atoms with van der Waals surface area (Å²) < 4.78 is 33.9. The molecular weight excluding hydrogens is 338 g/mol. The van der Waals surface area contributed by atoms with Crippen LogP contribution in [-0.4, -0.2) is 25.3 Å². The molecule has 0 unspecified atom stereocenters. The first-order chi connectivity index (χ1) is 12.0. The molecule has 6 nitrogen and oxygen atoms in total. The predicted octanol–water partition coefficient (Wildman–Crippen LogP) is 2.88. The molecule has 0 amide bonds. The summed E-state index contributed by atoms with van der Waals surface area (Å²) in [6.07, 6.45) is 3.17. The maximum atomic E-state index is 12.3. The SMILES string of the molecule is COc1cccc(Cn2cc(NS(=O)(=O)Cc3ccccc3)cn2)c1. The van der Waals surface area contributed by atoms with Crippen molar-refractivity contribution in [3.05, 3.63) is 78.1 Å². The topological polar surface area (TPSA) is 73.2 Å². The maximum Gasteiger partial charge on any atom is 0.237 e. The van der Waals surface area contributed by atoms with Crippen LogP contribution in [0.1, 0.15) is 11.1 Å². The Labute approximate surface area is 147 Å². The van der Waals surface area contributed by atoms with Crippen molar-refractivity contribution < 1.29 is 13.2 Å². The van der Waals surface area contributed by atoms with E-state index in [1.807, 2.05) is 42.5 Å². The third kappa shape index (κ3) is 4.84. The lowest BCUT2D eigenvalue weighted by Gasteiger charge is -2.06. The third-order valence-corrected chi connectivity index (χ3v) is 4.84. The number of hydrogen-bond donors (Lipinski definition) is 1. The zero-order valence-corrected chi connectivity index (χ0v) is 14.6. The van der Waals surface area contributed by atoms with Crippen molar-refractivity contribution in [2.24, 2.45) is 0 Å². The smallest absolute Gasteiger partial charge is 0.237 e. The van der Waals surface area contributed by atoms with Gasteiger partial charge in [0.05, 0.1) is 31.3 Å². The van der Waals surface area contributed by atoms with E-state index in [4.69, 9.17) is 4.74 Å². The number of aromatic nitrogens is 2. The van der Waals surface area contributed by atoms with Crippen molar-refractivity contribution in [3.8, 4) is 5.75 Å². The van der Waals surface area contributed by atoms with Gasteiger partial charge in [-0.25, -0.2) is 8.42 Å². The molecule has 0 aliphatic carbocycles. The summed E-state index contributed by atoms with van der Waals surface area (Å²) in [6, 6.07) is 16.7. The summed E-state index contributed by atoms with van der Waals surface area (Å²) in [5, 5.41) is 4.21. The highest BCUT2D eigenvalue weighted by molar-refractivity contribution is 7.91. The van der Waals surface area contributed by atoms with Gasteiger partial charge in [0.25, 0.3) is 0 Å². The molecule has 0 spiro atoms. The van der Waals surface area contributed by atoms with Crippen LogP contribution in [0.5, 0.6) is 5.75 Å². The normalized spacial score (nSPS) is 11.2. The van der Waals surface area contributed by atoms with Crippen molar-refractivity contribution in [1.82, 2.24) is 9.78 Å². The molecule has 1 N–H and O–H groups in total. The van der Waals surface area contributed by atoms with Crippen LogP contribution < -0.4 is 9.46 Å². The number of benzene rings is 2. The van der Waals surface area contributed by atoms with Gasteiger partial charge < -0.3 is 4.74 Å². The van der Waals surface area contributed by atoms with Gasteiger partial charge in [-0.05, 0) is 23.3 Å². The van der Waals surface area contributed by atoms with Gasteiger partial charge in [0.15, 0.2) is 0 Å². The lowest BCUT2D eigenvalue weighted by atomic mass is 10.2. The van der Waals surface area contributed by atoms with E-state index in [1.165, 1.54) is 6.20 Å². The van der Waals surface area contributed by atoms with Gasteiger partial charge in [0.2, 0.25) is 10.0 Å². The molecule has 0 saturated carbocycles. The Morgan fingerprint density at radius 3 is 2.60 bits per heavy atom. The van der Waals surface area contributed by atoms with E-state index in [0.29, 0.717) is 12.2 Å². The van der Waals surface area contributed by atoms with Gasteiger partial charge >= 0.3 is 0 Å². The minimum absolute atomic E-state index is 0.0745. The van der Waals surface area contributed by atoms with Crippen molar-refractivity contribution in [1.29, 1.82) is 0 Å². The van der Waals surface area contributed by atoms with E-state index in [9.17, 15) is 8.42 Å². The highest BCUT2D eigenvalue weighted by atomic mass is 32.2. The molecule has 7 heteroatoms. The summed E-state index contributed by atoms with van der Waals surface area (Å²) in [7, 11) is -1.86. The minimum Gasteiger partial charge on any atom is -0.497 e. The number of anilines is 1. The van der Waals surface area contributed by atoms with Gasteiger partial charge in [-0.1, -0.05) is 42.5 Å². The molecule has 0 aliphatic heterocycles. The molecule has 0 fully saturated rings. The molecule has 0 bridgehead atoms. The lowest BCUT2D eigenvalue weighted by Crippen LogP contribution is -2.14. The maximum absolute atomic E-state index is 12.3. The Balaban J connectivity index is 1.66. The first kappa shape index (κ1) is 17.0. The molecule has 130 valence electrons. The van der Waals surface area contributed by atoms with E-state index >= 15 is 0 Å². The van der Waals surface area contributed by atoms with E-state index < -0.39 is 10.0 Å². The van der Waals surface area contributed by atoms with Crippen molar-refractivity contribution >= 4 is 15.7 Å². The standard InChI is InChI=1S/C18H19N3O3S/c1-24-18-9-5-8-16(10-18)12-21-13-17(11-19-21)20-25(22,23)14-15-6-3-2-4-7-15/h2-11,13,20H,12,14H2,1H3. The van der Waals surface area contributed by atoms with Crippen molar-refractivity contribution in [2.75, 3.05) is 11.8 Å². The largest absolute Gasteiger partial charge is 0.497 e. The molecule has 1 aromatic heterocycles. The Morgan fingerprint density at radius 1 is 1.08 bits per heavy atom. The molecule has 3 rings (SSSR count). The average molecular weight is 357 g/mol. The first-order valence-electron chi connectivity index (χ1n) is 7.74. The Hall–Kier alpha value is -2.80. The summed E-state index contributed by atoms with van der Waals surface area (Å²) in [4.78, 5) is 0. The fraction of sp³-hybridized carbons (Fsp3) is 0.167. The van der Waals surface area contributed by atoms with Crippen LogP contribution in [-0.2, 0) is 22.3 Å². The zero-order valence-electron chi connectivity index (χ0n) is 13.8. The van der Waals surface area contributed by atoms with Crippen LogP contribution >= 0.6 is 0 Å². The summed E-state index contributed by atoms with van der Waals surface area (Å²) in [6.45, 7) is 0.525. The van der Waals surface area contributed by atoms with Gasteiger partial charge in [-0.2, -0.15) is 5.10 Å². The molecule has 0 saturated heterocycles. The van der Waals surface area contributed by atoms with E-state index in [1.54, 1.807) is 30.1 Å². The number of nitrogens with one attached hydrogen (secondary N) is 1. The molecule has 2 aromatic carbocycles. The average Bonchev–Trinajstić information content (AvgIpc) is 3.01. The highest BCUT2D eigenvalue weighted by Crippen LogP contribution is 2.16. The van der Waals surface area contributed by atoms with Crippen molar-refractivity contribution in [3.63, 3.8) is 0 Å². The number of rotatable bonds is 7. The predicted molar refractivity (Wildman–Crippen MR) is 97.0 cm³/mol. The van der Waals surface area contributed by atoms with Gasteiger partial charge in [-0.15, -0.1) is 0 Å². The van der Waals surface area contributed by atoms with Gasteiger partial charge in [-0.3, -0.25) is 9.40 Å². The van der Waals surface area contributed by atoms with Gasteiger partial charge in [0, 0.05) is 6.20 Å². The second kappa shape index (κ2) is 7.40. The Kier molecular flexibility index (Phi) is 5.04. The lowest BCUT2D eigenvalue weighted by molar-refractivity contribution is 0.414. The van der Waals surface area contributed by atoms with E-state index in [-0.39, 0.29) is 5.75 Å². The van der Waals surface area contributed by atoms with E-state index in [2.05, 4.69) is 9.82 Å². The van der Waals surface area contributed by atoms with Crippen LogP contribution in [0, 0.1) is 0 Å². The van der Waals surface area contributed by atoms with Crippen LogP contribution in [0.3, 0.4) is 0 Å². The van der Waals surface area contributed by atoms with Crippen LogP contribution in [0.2, 0.25) is 0 Å².